The van der Waals surface area contributed by atoms with Gasteiger partial charge < -0.3 is 9.47 Å². The summed E-state index contributed by atoms with van der Waals surface area (Å²) in [7, 11) is 0. The lowest BCUT2D eigenvalue weighted by Gasteiger charge is -2.30. The average molecular weight is 399 g/mol. The Morgan fingerprint density at radius 3 is 2.56 bits per heavy atom. The first-order chi connectivity index (χ1) is 13.2. The molecule has 2 heterocycles. The molecule has 2 atom stereocenters. The van der Waals surface area contributed by atoms with Crippen LogP contribution in [0.3, 0.4) is 0 Å². The number of aromatic nitrogens is 2. The maximum Gasteiger partial charge on any atom is 0.271 e. The Bertz CT molecular complexity index is 933. The molecule has 1 amide bonds. The molecule has 0 saturated heterocycles. The van der Waals surface area contributed by atoms with Crippen LogP contribution in [0.4, 0.5) is 5.13 Å². The number of anilines is 1. The summed E-state index contributed by atoms with van der Waals surface area (Å²) in [6.45, 7) is 1.81. The van der Waals surface area contributed by atoms with Gasteiger partial charge >= 0.3 is 0 Å². The minimum Gasteiger partial charge on any atom is -0.482 e. The van der Waals surface area contributed by atoms with Crippen LogP contribution in [0, 0.1) is 0 Å². The highest BCUT2D eigenvalue weighted by Crippen LogP contribution is 2.34. The third-order valence-electron chi connectivity index (χ3n) is 3.94. The monoisotopic (exact) mass is 399 g/mol. The Morgan fingerprint density at radius 2 is 1.78 bits per heavy atom. The Balaban J connectivity index is 1.37. The summed E-state index contributed by atoms with van der Waals surface area (Å²) in [6.07, 6.45) is -1.15. The summed E-state index contributed by atoms with van der Waals surface area (Å²) in [5.74, 6) is 1.71. The van der Waals surface area contributed by atoms with E-state index in [1.54, 1.807) is 24.8 Å². The van der Waals surface area contributed by atoms with Crippen LogP contribution in [0.15, 0.2) is 58.9 Å². The lowest BCUT2D eigenvalue weighted by molar-refractivity contribution is -0.128. The van der Waals surface area contributed by atoms with Gasteiger partial charge in [0.2, 0.25) is 11.2 Å². The van der Waals surface area contributed by atoms with Gasteiger partial charge in [-0.1, -0.05) is 65.6 Å². The maximum absolute atomic E-state index is 12.6. The number of para-hydroxylation sites is 2. The second kappa shape index (κ2) is 7.98. The first-order valence-electron chi connectivity index (χ1n) is 8.42. The minimum absolute atomic E-state index is 0.298. The SMILES string of the molecule is C[C@@H]1Oc2ccccc2O[C@@H]1C(=O)Nc1nnc(SCc2ccccc2)s1. The zero-order valence-electron chi connectivity index (χ0n) is 14.5. The van der Waals surface area contributed by atoms with Crippen molar-refractivity contribution < 1.29 is 14.3 Å². The molecule has 1 N–H and O–H groups in total. The topological polar surface area (TPSA) is 73.3 Å². The lowest BCUT2D eigenvalue weighted by atomic mass is 10.1. The van der Waals surface area contributed by atoms with Crippen LogP contribution in [0.5, 0.6) is 11.5 Å². The van der Waals surface area contributed by atoms with E-state index in [2.05, 4.69) is 27.6 Å². The van der Waals surface area contributed by atoms with E-state index in [0.717, 1.165) is 10.1 Å². The van der Waals surface area contributed by atoms with E-state index in [9.17, 15) is 4.79 Å². The Labute approximate surface area is 164 Å². The molecule has 0 radical (unpaired) electrons. The summed E-state index contributed by atoms with van der Waals surface area (Å²) in [5, 5.41) is 11.4. The highest BCUT2D eigenvalue weighted by Gasteiger charge is 2.34. The predicted molar refractivity (Wildman–Crippen MR) is 105 cm³/mol. The van der Waals surface area contributed by atoms with Crippen molar-refractivity contribution in [2.45, 2.75) is 29.2 Å². The molecule has 2 aromatic carbocycles. The number of amides is 1. The lowest BCUT2D eigenvalue weighted by Crippen LogP contribution is -2.46. The van der Waals surface area contributed by atoms with E-state index in [0.29, 0.717) is 16.6 Å². The van der Waals surface area contributed by atoms with E-state index in [1.165, 1.54) is 16.9 Å². The molecule has 27 heavy (non-hydrogen) atoms. The molecule has 138 valence electrons. The number of nitrogens with one attached hydrogen (secondary N) is 1. The highest BCUT2D eigenvalue weighted by molar-refractivity contribution is 8.00. The fourth-order valence-electron chi connectivity index (χ4n) is 2.62. The number of nitrogens with zero attached hydrogens (tertiary/aromatic N) is 2. The number of carbonyl (C=O) groups excluding carboxylic acids is 1. The molecular formula is C19H17N3O3S2. The molecule has 6 nitrogen and oxygen atoms in total. The largest absolute Gasteiger partial charge is 0.482 e. The number of fused-ring (bicyclic) bond motifs is 1. The van der Waals surface area contributed by atoms with Crippen LogP contribution in [0.25, 0.3) is 0 Å². The van der Waals surface area contributed by atoms with E-state index in [-0.39, 0.29) is 5.91 Å². The molecule has 1 aromatic heterocycles. The number of thioether (sulfide) groups is 1. The van der Waals surface area contributed by atoms with Crippen LogP contribution in [-0.4, -0.2) is 28.3 Å². The van der Waals surface area contributed by atoms with Gasteiger partial charge in [0, 0.05) is 5.75 Å². The fourth-order valence-corrected chi connectivity index (χ4v) is 4.33. The Hall–Kier alpha value is -2.58. The third-order valence-corrected chi connectivity index (χ3v) is 5.99. The molecule has 4 rings (SSSR count). The quantitative estimate of drug-likeness (QED) is 0.516. The summed E-state index contributed by atoms with van der Waals surface area (Å²) in [6, 6.07) is 17.4. The number of hydrogen-bond acceptors (Lipinski definition) is 7. The summed E-state index contributed by atoms with van der Waals surface area (Å²) < 4.78 is 12.4. The van der Waals surface area contributed by atoms with Crippen molar-refractivity contribution in [1.29, 1.82) is 0 Å². The van der Waals surface area contributed by atoms with Gasteiger partial charge in [-0.3, -0.25) is 10.1 Å². The second-order valence-electron chi connectivity index (χ2n) is 5.94. The first kappa shape index (κ1) is 17.8. The zero-order valence-corrected chi connectivity index (χ0v) is 16.1. The van der Waals surface area contributed by atoms with Crippen LogP contribution in [0.1, 0.15) is 12.5 Å². The van der Waals surface area contributed by atoms with Gasteiger partial charge in [-0.15, -0.1) is 10.2 Å². The minimum atomic E-state index is -0.746. The highest BCUT2D eigenvalue weighted by atomic mass is 32.2. The fraction of sp³-hybridized carbons (Fsp3) is 0.211. The van der Waals surface area contributed by atoms with Gasteiger partial charge in [-0.25, -0.2) is 0 Å². The number of hydrogen-bond donors (Lipinski definition) is 1. The smallest absolute Gasteiger partial charge is 0.271 e. The molecule has 8 heteroatoms. The van der Waals surface area contributed by atoms with Gasteiger partial charge in [-0.05, 0) is 24.6 Å². The van der Waals surface area contributed by atoms with Gasteiger partial charge in [0.25, 0.3) is 5.91 Å². The molecule has 0 unspecified atom stereocenters. The standard InChI is InChI=1S/C19H17N3O3S2/c1-12-16(25-15-10-6-5-9-14(15)24-12)17(23)20-18-21-22-19(27-18)26-11-13-7-3-2-4-8-13/h2-10,12,16H,11H2,1H3,(H,20,21,23)/t12-,16-/m0/s1. The van der Waals surface area contributed by atoms with Crippen LogP contribution < -0.4 is 14.8 Å². The van der Waals surface area contributed by atoms with E-state index in [1.807, 2.05) is 36.4 Å². The van der Waals surface area contributed by atoms with Crippen molar-refractivity contribution in [3.05, 3.63) is 60.2 Å². The van der Waals surface area contributed by atoms with E-state index >= 15 is 0 Å². The van der Waals surface area contributed by atoms with Crippen molar-refractivity contribution >= 4 is 34.1 Å². The molecule has 1 aliphatic rings. The predicted octanol–water partition coefficient (Wildman–Crippen LogP) is 4.00. The number of rotatable bonds is 5. The van der Waals surface area contributed by atoms with Gasteiger partial charge in [0.05, 0.1) is 0 Å². The molecule has 0 fully saturated rings. The van der Waals surface area contributed by atoms with Gasteiger partial charge in [0.15, 0.2) is 15.8 Å². The van der Waals surface area contributed by atoms with E-state index in [4.69, 9.17) is 9.47 Å². The van der Waals surface area contributed by atoms with Crippen molar-refractivity contribution in [2.75, 3.05) is 5.32 Å². The van der Waals surface area contributed by atoms with Crippen molar-refractivity contribution in [3.8, 4) is 11.5 Å². The number of ether oxygens (including phenoxy) is 2. The first-order valence-corrected chi connectivity index (χ1v) is 10.2. The average Bonchev–Trinajstić information content (AvgIpc) is 3.14. The zero-order chi connectivity index (χ0) is 18.6. The van der Waals surface area contributed by atoms with Crippen LogP contribution in [0.2, 0.25) is 0 Å². The molecule has 3 aromatic rings. The molecule has 1 aliphatic heterocycles. The molecule has 0 saturated carbocycles. The molecule has 0 aliphatic carbocycles. The van der Waals surface area contributed by atoms with Gasteiger partial charge in [-0.2, -0.15) is 0 Å². The maximum atomic E-state index is 12.6. The van der Waals surface area contributed by atoms with Crippen molar-refractivity contribution in [2.24, 2.45) is 0 Å². The van der Waals surface area contributed by atoms with Crippen LogP contribution >= 0.6 is 23.1 Å². The third kappa shape index (κ3) is 4.23. The second-order valence-corrected chi connectivity index (χ2v) is 8.14. The summed E-state index contributed by atoms with van der Waals surface area (Å²) in [4.78, 5) is 12.6. The Morgan fingerprint density at radius 1 is 1.07 bits per heavy atom. The van der Waals surface area contributed by atoms with Crippen molar-refractivity contribution in [3.63, 3.8) is 0 Å². The number of carbonyl (C=O) groups is 1. The van der Waals surface area contributed by atoms with Crippen molar-refractivity contribution in [1.82, 2.24) is 10.2 Å². The molecule has 0 bridgehead atoms. The summed E-state index contributed by atoms with van der Waals surface area (Å²) >= 11 is 2.93. The Kier molecular flexibility index (Phi) is 5.26. The van der Waals surface area contributed by atoms with Crippen LogP contribution in [-0.2, 0) is 10.5 Å². The van der Waals surface area contributed by atoms with E-state index < -0.39 is 12.2 Å². The summed E-state index contributed by atoms with van der Waals surface area (Å²) in [5.41, 5.74) is 1.21. The molecular weight excluding hydrogens is 382 g/mol. The van der Waals surface area contributed by atoms with Gasteiger partial charge in [0.1, 0.15) is 6.10 Å². The normalized spacial score (nSPS) is 18.1. The molecule has 0 spiro atoms. The number of benzene rings is 2.